The highest BCUT2D eigenvalue weighted by Gasteiger charge is 2.34. The Hall–Kier alpha value is -2.07. The van der Waals surface area contributed by atoms with Crippen molar-refractivity contribution < 1.29 is 17.7 Å². The minimum Gasteiger partial charge on any atom is -0.366 e. The molecule has 0 spiro atoms. The van der Waals surface area contributed by atoms with Crippen molar-refractivity contribution in [1.82, 2.24) is 14.4 Å². The summed E-state index contributed by atoms with van der Waals surface area (Å²) in [5.74, 6) is 0.874. The van der Waals surface area contributed by atoms with Crippen LogP contribution in [0.3, 0.4) is 0 Å². The summed E-state index contributed by atoms with van der Waals surface area (Å²) in [5.41, 5.74) is 0. The summed E-state index contributed by atoms with van der Waals surface area (Å²) in [6, 6.07) is 12.4. The number of nitrogens with zero attached hydrogens (tertiary/aromatic N) is 3. The normalized spacial score (nSPS) is 18.8. The summed E-state index contributed by atoms with van der Waals surface area (Å²) in [5, 5.41) is 5.98. The Labute approximate surface area is 155 Å². The fourth-order valence-electron chi connectivity index (χ4n) is 2.77. The third kappa shape index (κ3) is 3.56. The number of ether oxygens (including phenoxy) is 1. The highest BCUT2D eigenvalue weighted by molar-refractivity contribution is 7.89. The lowest BCUT2D eigenvalue weighted by atomic mass is 10.3. The third-order valence-electron chi connectivity index (χ3n) is 4.08. The van der Waals surface area contributed by atoms with Gasteiger partial charge in [0.2, 0.25) is 10.0 Å². The number of morpholine rings is 1. The average Bonchev–Trinajstić information content (AvgIpc) is 3.35. The fourth-order valence-corrected chi connectivity index (χ4v) is 4.92. The number of hydrogen-bond donors (Lipinski definition) is 0. The summed E-state index contributed by atoms with van der Waals surface area (Å²) in [7, 11) is -3.57. The number of thiophene rings is 1. The van der Waals surface area contributed by atoms with Crippen molar-refractivity contribution in [2.24, 2.45) is 0 Å². The van der Waals surface area contributed by atoms with Crippen molar-refractivity contribution in [3.63, 3.8) is 0 Å². The summed E-state index contributed by atoms with van der Waals surface area (Å²) < 4.78 is 38.0. The molecule has 9 heteroatoms. The molecule has 0 saturated carbocycles. The number of benzene rings is 1. The molecule has 1 aliphatic heterocycles. The van der Waals surface area contributed by atoms with Crippen molar-refractivity contribution in [3.8, 4) is 0 Å². The predicted octanol–water partition coefficient (Wildman–Crippen LogP) is 2.48. The molecule has 0 bridgehead atoms. The van der Waals surface area contributed by atoms with Crippen LogP contribution in [0.15, 0.2) is 57.3 Å². The Balaban J connectivity index is 1.50. The van der Waals surface area contributed by atoms with E-state index < -0.39 is 16.1 Å². The smallest absolute Gasteiger partial charge is 0.257 e. The van der Waals surface area contributed by atoms with Crippen molar-refractivity contribution in [2.45, 2.75) is 17.4 Å². The van der Waals surface area contributed by atoms with Gasteiger partial charge in [-0.25, -0.2) is 8.42 Å². The predicted molar refractivity (Wildman–Crippen MR) is 95.3 cm³/mol. The molecule has 0 amide bonds. The van der Waals surface area contributed by atoms with E-state index >= 15 is 0 Å². The molecule has 0 aliphatic carbocycles. The van der Waals surface area contributed by atoms with Gasteiger partial charge in [-0.05, 0) is 23.6 Å². The van der Waals surface area contributed by atoms with Crippen LogP contribution >= 0.6 is 11.3 Å². The van der Waals surface area contributed by atoms with Gasteiger partial charge in [0.15, 0.2) is 11.9 Å². The average molecular weight is 391 g/mol. The van der Waals surface area contributed by atoms with E-state index in [9.17, 15) is 8.42 Å². The van der Waals surface area contributed by atoms with Crippen LogP contribution in [0.25, 0.3) is 0 Å². The molecule has 1 fully saturated rings. The summed E-state index contributed by atoms with van der Waals surface area (Å²) in [6.45, 7) is 0.723. The van der Waals surface area contributed by atoms with Gasteiger partial charge < -0.3 is 9.26 Å². The van der Waals surface area contributed by atoms with E-state index in [0.29, 0.717) is 24.7 Å². The lowest BCUT2D eigenvalue weighted by Gasteiger charge is -2.30. The molecule has 0 N–H and O–H groups in total. The van der Waals surface area contributed by atoms with Crippen molar-refractivity contribution >= 4 is 21.4 Å². The maximum atomic E-state index is 12.8. The lowest BCUT2D eigenvalue weighted by molar-refractivity contribution is -0.0199. The minimum atomic E-state index is -3.57. The molecule has 1 aliphatic rings. The molecule has 7 nitrogen and oxygen atoms in total. The van der Waals surface area contributed by atoms with Gasteiger partial charge in [-0.15, -0.1) is 11.3 Å². The second-order valence-corrected chi connectivity index (χ2v) is 8.81. The van der Waals surface area contributed by atoms with Gasteiger partial charge in [0, 0.05) is 24.4 Å². The van der Waals surface area contributed by atoms with E-state index in [0.717, 1.165) is 4.88 Å². The molecular weight excluding hydrogens is 374 g/mol. The molecule has 4 rings (SSSR count). The van der Waals surface area contributed by atoms with Gasteiger partial charge in [0.05, 0.1) is 11.5 Å². The zero-order valence-electron chi connectivity index (χ0n) is 13.8. The Morgan fingerprint density at radius 3 is 2.81 bits per heavy atom. The first-order valence-corrected chi connectivity index (χ1v) is 10.5. The van der Waals surface area contributed by atoms with Crippen LogP contribution in [0.5, 0.6) is 0 Å². The number of rotatable bonds is 5. The van der Waals surface area contributed by atoms with Crippen LogP contribution in [0.4, 0.5) is 0 Å². The molecule has 136 valence electrons. The standard InChI is InChI=1S/C17H17N3O4S2/c21-26(22,14-6-2-1-3-7-14)20-8-9-23-15(12-20)17-18-16(19-24-17)11-13-5-4-10-25-13/h1-7,10,15H,8-9,11-12H2/t15-/m0/s1. The summed E-state index contributed by atoms with van der Waals surface area (Å²) in [6.07, 6.45) is 0.0201. The van der Waals surface area contributed by atoms with E-state index in [4.69, 9.17) is 9.26 Å². The zero-order chi connectivity index (χ0) is 18.0. The fraction of sp³-hybridized carbons (Fsp3) is 0.294. The van der Waals surface area contributed by atoms with Crippen LogP contribution in [0.1, 0.15) is 22.7 Å². The molecule has 0 radical (unpaired) electrons. The number of hydrogen-bond acceptors (Lipinski definition) is 7. The Bertz CT molecular complexity index is 955. The first kappa shape index (κ1) is 17.3. The highest BCUT2D eigenvalue weighted by atomic mass is 32.2. The summed E-state index contributed by atoms with van der Waals surface area (Å²) in [4.78, 5) is 5.78. The molecule has 26 heavy (non-hydrogen) atoms. The summed E-state index contributed by atoms with van der Waals surface area (Å²) >= 11 is 1.62. The van der Waals surface area contributed by atoms with E-state index in [-0.39, 0.29) is 18.0 Å². The van der Waals surface area contributed by atoms with Crippen LogP contribution in [0.2, 0.25) is 0 Å². The highest BCUT2D eigenvalue weighted by Crippen LogP contribution is 2.26. The molecule has 1 saturated heterocycles. The van der Waals surface area contributed by atoms with Gasteiger partial charge in [0.25, 0.3) is 5.89 Å². The number of sulfonamides is 1. The molecule has 2 aromatic heterocycles. The maximum Gasteiger partial charge on any atom is 0.257 e. The first-order valence-electron chi connectivity index (χ1n) is 8.14. The van der Waals surface area contributed by atoms with Crippen molar-refractivity contribution in [3.05, 3.63) is 64.4 Å². The molecule has 1 atom stereocenters. The molecular formula is C17H17N3O4S2. The van der Waals surface area contributed by atoms with E-state index in [2.05, 4.69) is 10.1 Å². The second-order valence-electron chi connectivity index (χ2n) is 5.84. The Morgan fingerprint density at radius 1 is 1.19 bits per heavy atom. The van der Waals surface area contributed by atoms with E-state index in [1.54, 1.807) is 41.7 Å². The van der Waals surface area contributed by atoms with Gasteiger partial charge in [-0.2, -0.15) is 9.29 Å². The van der Waals surface area contributed by atoms with Gasteiger partial charge in [0.1, 0.15) is 0 Å². The third-order valence-corrected chi connectivity index (χ3v) is 6.84. The molecule has 0 unspecified atom stereocenters. The molecule has 1 aromatic carbocycles. The lowest BCUT2D eigenvalue weighted by Crippen LogP contribution is -2.42. The quantitative estimate of drug-likeness (QED) is 0.664. The van der Waals surface area contributed by atoms with E-state index in [1.807, 2.05) is 17.5 Å². The van der Waals surface area contributed by atoms with Crippen molar-refractivity contribution in [1.29, 1.82) is 0 Å². The Kier molecular flexibility index (Phi) is 4.86. The van der Waals surface area contributed by atoms with Crippen LogP contribution < -0.4 is 0 Å². The largest absolute Gasteiger partial charge is 0.366 e. The van der Waals surface area contributed by atoms with Crippen LogP contribution in [-0.2, 0) is 21.2 Å². The van der Waals surface area contributed by atoms with Gasteiger partial charge in [-0.1, -0.05) is 29.4 Å². The first-order chi connectivity index (χ1) is 12.6. The van der Waals surface area contributed by atoms with Gasteiger partial charge in [-0.3, -0.25) is 0 Å². The SMILES string of the molecule is O=S(=O)(c1ccccc1)N1CCO[C@H](c2nc(Cc3cccs3)no2)C1. The molecule has 3 aromatic rings. The molecule has 3 heterocycles. The monoisotopic (exact) mass is 391 g/mol. The number of aromatic nitrogens is 2. The van der Waals surface area contributed by atoms with E-state index in [1.165, 1.54) is 4.31 Å². The second kappa shape index (κ2) is 7.28. The Morgan fingerprint density at radius 2 is 2.04 bits per heavy atom. The zero-order valence-corrected chi connectivity index (χ0v) is 15.4. The topological polar surface area (TPSA) is 85.5 Å². The van der Waals surface area contributed by atoms with Gasteiger partial charge >= 0.3 is 0 Å². The van der Waals surface area contributed by atoms with Crippen LogP contribution in [0, 0.1) is 0 Å². The van der Waals surface area contributed by atoms with Crippen molar-refractivity contribution in [2.75, 3.05) is 19.7 Å². The van der Waals surface area contributed by atoms with Crippen LogP contribution in [-0.4, -0.2) is 42.6 Å². The maximum absolute atomic E-state index is 12.8. The minimum absolute atomic E-state index is 0.151.